The summed E-state index contributed by atoms with van der Waals surface area (Å²) in [4.78, 5) is 30.9. The lowest BCUT2D eigenvalue weighted by molar-refractivity contribution is -0.120. The van der Waals surface area contributed by atoms with Gasteiger partial charge in [0.25, 0.3) is 0 Å². The van der Waals surface area contributed by atoms with Crippen molar-refractivity contribution in [3.8, 4) is 11.1 Å². The molecule has 1 aliphatic carbocycles. The van der Waals surface area contributed by atoms with Crippen LogP contribution in [-0.2, 0) is 20.4 Å². The van der Waals surface area contributed by atoms with E-state index in [1.165, 1.54) is 0 Å². The molecule has 2 heterocycles. The summed E-state index contributed by atoms with van der Waals surface area (Å²) < 4.78 is 11.6. The molecule has 6 nitrogen and oxygen atoms in total. The Bertz CT molecular complexity index is 1040. The average molecular weight is 468 g/mol. The fourth-order valence-corrected chi connectivity index (χ4v) is 5.51. The largest absolute Gasteiger partial charge is 0.370 e. The van der Waals surface area contributed by atoms with Crippen molar-refractivity contribution in [1.29, 1.82) is 0 Å². The summed E-state index contributed by atoms with van der Waals surface area (Å²) in [5, 5.41) is 0. The molecule has 2 aromatic carbocycles. The van der Waals surface area contributed by atoms with Crippen molar-refractivity contribution in [3.05, 3.63) is 42.5 Å². The lowest BCUT2D eigenvalue weighted by Crippen LogP contribution is -2.46. The van der Waals surface area contributed by atoms with Crippen molar-refractivity contribution in [1.82, 2.24) is 0 Å². The van der Waals surface area contributed by atoms with Crippen LogP contribution in [0.15, 0.2) is 42.5 Å². The summed E-state index contributed by atoms with van der Waals surface area (Å²) in [6, 6.07) is 14.5. The van der Waals surface area contributed by atoms with Crippen molar-refractivity contribution in [2.75, 3.05) is 52.4 Å². The van der Waals surface area contributed by atoms with E-state index in [-0.39, 0.29) is 17.7 Å². The van der Waals surface area contributed by atoms with E-state index < -0.39 is 10.8 Å². The Morgan fingerprint density at radius 3 is 2.03 bits per heavy atom. The van der Waals surface area contributed by atoms with Crippen LogP contribution < -0.4 is 14.7 Å². The number of hydrogen-bond donors (Lipinski definition) is 0. The maximum absolute atomic E-state index is 12.9. The number of carbonyl (C=O) groups is 2. The van der Waals surface area contributed by atoms with E-state index in [4.69, 9.17) is 0 Å². The molecule has 0 unspecified atom stereocenters. The Hall–Kier alpha value is -2.67. The lowest BCUT2D eigenvalue weighted by atomic mass is 10.0. The van der Waals surface area contributed by atoms with Gasteiger partial charge in [0.15, 0.2) is 0 Å². The number of fused-ring (bicyclic) bond motifs is 1. The summed E-state index contributed by atoms with van der Waals surface area (Å²) in [5.41, 5.74) is 4.90. The highest BCUT2D eigenvalue weighted by molar-refractivity contribution is 7.85. The van der Waals surface area contributed by atoms with Crippen LogP contribution in [0, 0.1) is 5.92 Å². The summed E-state index contributed by atoms with van der Waals surface area (Å²) in [6.07, 6.45) is 1.93. The highest BCUT2D eigenvalue weighted by atomic mass is 32.2. The van der Waals surface area contributed by atoms with Gasteiger partial charge in [-0.15, -0.1) is 0 Å². The molecule has 1 saturated heterocycles. The van der Waals surface area contributed by atoms with Gasteiger partial charge in [0.2, 0.25) is 11.8 Å². The van der Waals surface area contributed by atoms with Crippen LogP contribution in [0.3, 0.4) is 0 Å². The first kappa shape index (κ1) is 23.5. The molecular weight excluding hydrogens is 434 g/mol. The first-order chi connectivity index (χ1) is 16.0. The fourth-order valence-electron chi connectivity index (χ4n) is 4.46. The van der Waals surface area contributed by atoms with Crippen LogP contribution in [0.4, 0.5) is 17.1 Å². The summed E-state index contributed by atoms with van der Waals surface area (Å²) in [5.74, 6) is 1.77. The normalized spacial score (nSPS) is 18.3. The smallest absolute Gasteiger partial charge is 0.230 e. The van der Waals surface area contributed by atoms with Gasteiger partial charge in [-0.25, -0.2) is 0 Å². The highest BCUT2D eigenvalue weighted by Gasteiger charge is 2.37. The van der Waals surface area contributed by atoms with E-state index in [0.717, 1.165) is 65.6 Å². The van der Waals surface area contributed by atoms with E-state index in [1.54, 1.807) is 11.8 Å². The maximum atomic E-state index is 12.9. The minimum atomic E-state index is -0.685. The van der Waals surface area contributed by atoms with Gasteiger partial charge < -0.3 is 14.7 Å². The second-order valence-corrected chi connectivity index (χ2v) is 10.2. The second kappa shape index (κ2) is 10.1. The molecular formula is C26H33N3O3S. The quantitative estimate of drug-likeness (QED) is 0.683. The van der Waals surface area contributed by atoms with Crippen molar-refractivity contribution < 1.29 is 13.8 Å². The SMILES string of the molecule is CC.CC(=O)N1CCN(C(=O)C2CC2)c2cc(-c3ccc(N4CCS(=O)CC4)cc3)ccc21. The predicted molar refractivity (Wildman–Crippen MR) is 136 cm³/mol. The number of amides is 2. The highest BCUT2D eigenvalue weighted by Crippen LogP contribution is 2.40. The van der Waals surface area contributed by atoms with Gasteiger partial charge in [-0.05, 0) is 48.2 Å². The third-order valence-electron chi connectivity index (χ3n) is 6.42. The molecule has 0 aromatic heterocycles. The third-order valence-corrected chi connectivity index (χ3v) is 7.70. The summed E-state index contributed by atoms with van der Waals surface area (Å²) in [7, 11) is -0.685. The number of nitrogens with zero attached hydrogens (tertiary/aromatic N) is 3. The van der Waals surface area contributed by atoms with Crippen LogP contribution >= 0.6 is 0 Å². The lowest BCUT2D eigenvalue weighted by Gasteiger charge is -2.36. The fraction of sp³-hybridized carbons (Fsp3) is 0.462. The molecule has 7 heteroatoms. The summed E-state index contributed by atoms with van der Waals surface area (Å²) >= 11 is 0. The standard InChI is InChI=1S/C24H27N3O3S.C2H6/c1-17(28)26-10-11-27(24(29)19-2-3-19)23-16-20(6-9-22(23)26)18-4-7-21(8-5-18)25-12-14-31(30)15-13-25;1-2/h4-9,16,19H,2-3,10-15H2,1H3;1-2H3. The maximum Gasteiger partial charge on any atom is 0.230 e. The molecule has 0 N–H and O–H groups in total. The zero-order valence-electron chi connectivity index (χ0n) is 19.8. The molecule has 2 aromatic rings. The van der Waals surface area contributed by atoms with Crippen LogP contribution in [0.5, 0.6) is 0 Å². The van der Waals surface area contributed by atoms with Gasteiger partial charge in [-0.3, -0.25) is 13.8 Å². The number of carbonyl (C=O) groups excluding carboxylic acids is 2. The topological polar surface area (TPSA) is 60.9 Å². The van der Waals surface area contributed by atoms with Crippen LogP contribution in [-0.4, -0.2) is 53.7 Å². The number of anilines is 3. The minimum absolute atomic E-state index is 0.000615. The van der Waals surface area contributed by atoms with Crippen molar-refractivity contribution in [3.63, 3.8) is 0 Å². The number of hydrogen-bond acceptors (Lipinski definition) is 4. The van der Waals surface area contributed by atoms with Gasteiger partial charge in [0, 0.05) is 67.0 Å². The Morgan fingerprint density at radius 2 is 1.42 bits per heavy atom. The van der Waals surface area contributed by atoms with Crippen LogP contribution in [0.2, 0.25) is 0 Å². The van der Waals surface area contributed by atoms with Crippen molar-refractivity contribution >= 4 is 39.7 Å². The predicted octanol–water partition coefficient (Wildman–Crippen LogP) is 4.06. The first-order valence-electron chi connectivity index (χ1n) is 11.9. The van der Waals surface area contributed by atoms with Crippen molar-refractivity contribution in [2.45, 2.75) is 33.6 Å². The molecule has 0 atom stereocenters. The Labute approximate surface area is 199 Å². The summed E-state index contributed by atoms with van der Waals surface area (Å²) in [6.45, 7) is 8.30. The van der Waals surface area contributed by atoms with Gasteiger partial charge >= 0.3 is 0 Å². The molecule has 2 aliphatic heterocycles. The molecule has 2 fully saturated rings. The van der Waals surface area contributed by atoms with Gasteiger partial charge in [-0.2, -0.15) is 0 Å². The number of benzene rings is 2. The molecule has 5 rings (SSSR count). The van der Waals surface area contributed by atoms with E-state index in [9.17, 15) is 13.8 Å². The molecule has 176 valence electrons. The van der Waals surface area contributed by atoms with E-state index in [1.807, 2.05) is 36.9 Å². The molecule has 33 heavy (non-hydrogen) atoms. The Balaban J connectivity index is 0.00000126. The Kier molecular flexibility index (Phi) is 7.17. The Morgan fingerprint density at radius 1 is 0.818 bits per heavy atom. The minimum Gasteiger partial charge on any atom is -0.370 e. The average Bonchev–Trinajstić information content (AvgIpc) is 3.70. The zero-order chi connectivity index (χ0) is 23.5. The van der Waals surface area contributed by atoms with E-state index >= 15 is 0 Å². The van der Waals surface area contributed by atoms with E-state index in [2.05, 4.69) is 29.2 Å². The molecule has 1 saturated carbocycles. The van der Waals surface area contributed by atoms with Crippen LogP contribution in [0.25, 0.3) is 11.1 Å². The van der Waals surface area contributed by atoms with E-state index in [0.29, 0.717) is 13.1 Å². The molecule has 0 spiro atoms. The molecule has 2 amide bonds. The second-order valence-electron chi connectivity index (χ2n) is 8.52. The van der Waals surface area contributed by atoms with Crippen molar-refractivity contribution in [2.24, 2.45) is 5.92 Å². The molecule has 0 bridgehead atoms. The third kappa shape index (κ3) is 4.98. The number of rotatable bonds is 3. The zero-order valence-corrected chi connectivity index (χ0v) is 20.6. The van der Waals surface area contributed by atoms with Gasteiger partial charge in [-0.1, -0.05) is 32.0 Å². The molecule has 0 radical (unpaired) electrons. The van der Waals surface area contributed by atoms with Crippen LogP contribution in [0.1, 0.15) is 33.6 Å². The first-order valence-corrected chi connectivity index (χ1v) is 13.4. The monoisotopic (exact) mass is 467 g/mol. The molecule has 3 aliphatic rings. The van der Waals surface area contributed by atoms with Gasteiger partial charge in [0.1, 0.15) is 0 Å². The van der Waals surface area contributed by atoms with Gasteiger partial charge in [0.05, 0.1) is 11.4 Å².